The Hall–Kier alpha value is -1.10. The Kier molecular flexibility index (Phi) is 9.43. The van der Waals surface area contributed by atoms with Crippen LogP contribution >= 0.6 is 0 Å². The van der Waals surface area contributed by atoms with Gasteiger partial charge in [-0.25, -0.2) is 0 Å². The number of likely N-dealkylation sites (N-methyl/N-ethyl adjacent to an activating group) is 1. The topological polar surface area (TPSA) is 58.6 Å². The average molecular weight is 244 g/mol. The van der Waals surface area contributed by atoms with Crippen LogP contribution in [-0.2, 0) is 14.3 Å². The van der Waals surface area contributed by atoms with Crippen LogP contribution in [0.25, 0.3) is 0 Å². The number of carbonyl (C=O) groups is 2. The standard InChI is InChI=1S/C12H24N2O3/c1-4-6-8-17-12(16)10-14(7-5-2)9-11(15)13-3/h4-10H2,1-3H3,(H,13,15). The van der Waals surface area contributed by atoms with Gasteiger partial charge in [-0.15, -0.1) is 0 Å². The van der Waals surface area contributed by atoms with E-state index in [9.17, 15) is 9.59 Å². The first-order valence-electron chi connectivity index (χ1n) is 6.22. The minimum atomic E-state index is -0.254. The molecular weight excluding hydrogens is 220 g/mol. The van der Waals surface area contributed by atoms with Crippen molar-refractivity contribution in [3.8, 4) is 0 Å². The summed E-state index contributed by atoms with van der Waals surface area (Å²) in [4.78, 5) is 24.5. The van der Waals surface area contributed by atoms with E-state index in [2.05, 4.69) is 5.32 Å². The van der Waals surface area contributed by atoms with Gasteiger partial charge in [-0.2, -0.15) is 0 Å². The molecule has 0 aliphatic rings. The summed E-state index contributed by atoms with van der Waals surface area (Å²) in [6.07, 6.45) is 2.79. The van der Waals surface area contributed by atoms with Crippen molar-refractivity contribution in [2.75, 3.05) is 33.3 Å². The molecule has 100 valence electrons. The fraction of sp³-hybridized carbons (Fsp3) is 0.833. The van der Waals surface area contributed by atoms with Crippen LogP contribution < -0.4 is 5.32 Å². The summed E-state index contributed by atoms with van der Waals surface area (Å²) in [5.41, 5.74) is 0. The van der Waals surface area contributed by atoms with Gasteiger partial charge in [0.05, 0.1) is 19.7 Å². The Bertz CT molecular complexity index is 232. The average Bonchev–Trinajstić information content (AvgIpc) is 2.29. The van der Waals surface area contributed by atoms with Crippen molar-refractivity contribution in [2.24, 2.45) is 0 Å². The van der Waals surface area contributed by atoms with Gasteiger partial charge in [0.15, 0.2) is 0 Å². The molecule has 5 heteroatoms. The third-order valence-electron chi connectivity index (χ3n) is 2.30. The maximum atomic E-state index is 11.5. The molecule has 1 N–H and O–H groups in total. The summed E-state index contributed by atoms with van der Waals surface area (Å²) in [5.74, 6) is -0.337. The van der Waals surface area contributed by atoms with Crippen LogP contribution in [0, 0.1) is 0 Å². The quantitative estimate of drug-likeness (QED) is 0.481. The number of nitrogens with zero attached hydrogens (tertiary/aromatic N) is 1. The molecule has 0 unspecified atom stereocenters. The number of hydrogen-bond acceptors (Lipinski definition) is 4. The number of nitrogens with one attached hydrogen (secondary N) is 1. The van der Waals surface area contributed by atoms with Crippen molar-refractivity contribution in [2.45, 2.75) is 33.1 Å². The van der Waals surface area contributed by atoms with Gasteiger partial charge in [0.2, 0.25) is 5.91 Å². The number of hydrogen-bond donors (Lipinski definition) is 1. The molecule has 0 atom stereocenters. The third-order valence-corrected chi connectivity index (χ3v) is 2.30. The van der Waals surface area contributed by atoms with E-state index in [1.165, 1.54) is 0 Å². The predicted molar refractivity (Wildman–Crippen MR) is 66.7 cm³/mol. The summed E-state index contributed by atoms with van der Waals surface area (Å²) in [6.45, 7) is 5.67. The van der Waals surface area contributed by atoms with E-state index in [-0.39, 0.29) is 25.0 Å². The third kappa shape index (κ3) is 8.68. The fourth-order valence-electron chi connectivity index (χ4n) is 1.37. The Morgan fingerprint density at radius 3 is 2.41 bits per heavy atom. The van der Waals surface area contributed by atoms with Crippen LogP contribution in [0.1, 0.15) is 33.1 Å². The Morgan fingerprint density at radius 1 is 1.18 bits per heavy atom. The lowest BCUT2D eigenvalue weighted by molar-refractivity contribution is -0.145. The number of rotatable bonds is 9. The van der Waals surface area contributed by atoms with Crippen molar-refractivity contribution in [3.63, 3.8) is 0 Å². The highest BCUT2D eigenvalue weighted by atomic mass is 16.5. The molecule has 0 aromatic heterocycles. The maximum Gasteiger partial charge on any atom is 0.320 e. The van der Waals surface area contributed by atoms with Crippen molar-refractivity contribution in [1.82, 2.24) is 10.2 Å². The van der Waals surface area contributed by atoms with Crippen LogP contribution in [0.2, 0.25) is 0 Å². The molecule has 0 aliphatic carbocycles. The van der Waals surface area contributed by atoms with Gasteiger partial charge in [-0.05, 0) is 19.4 Å². The number of carbonyl (C=O) groups excluding carboxylic acids is 2. The molecule has 0 saturated carbocycles. The largest absolute Gasteiger partial charge is 0.465 e. The number of ether oxygens (including phenoxy) is 1. The first kappa shape index (κ1) is 15.9. The molecular formula is C12H24N2O3. The Morgan fingerprint density at radius 2 is 1.88 bits per heavy atom. The second-order valence-corrected chi connectivity index (χ2v) is 3.96. The predicted octanol–water partition coefficient (Wildman–Crippen LogP) is 0.788. The normalized spacial score (nSPS) is 10.4. The van der Waals surface area contributed by atoms with Crippen LogP contribution in [0.5, 0.6) is 0 Å². The second-order valence-electron chi connectivity index (χ2n) is 3.96. The zero-order valence-corrected chi connectivity index (χ0v) is 11.1. The summed E-state index contributed by atoms with van der Waals surface area (Å²) in [7, 11) is 1.59. The van der Waals surface area contributed by atoms with Crippen molar-refractivity contribution >= 4 is 11.9 Å². The molecule has 0 aromatic rings. The molecule has 0 rings (SSSR count). The van der Waals surface area contributed by atoms with Crippen molar-refractivity contribution in [3.05, 3.63) is 0 Å². The van der Waals surface area contributed by atoms with Gasteiger partial charge in [0, 0.05) is 7.05 Å². The van der Waals surface area contributed by atoms with Gasteiger partial charge < -0.3 is 10.1 Å². The smallest absolute Gasteiger partial charge is 0.320 e. The second kappa shape index (κ2) is 10.1. The van der Waals surface area contributed by atoms with Gasteiger partial charge in [-0.1, -0.05) is 20.3 Å². The van der Waals surface area contributed by atoms with E-state index < -0.39 is 0 Å². The SMILES string of the molecule is CCCCOC(=O)CN(CCC)CC(=O)NC. The number of amides is 1. The lowest BCUT2D eigenvalue weighted by Gasteiger charge is -2.19. The zero-order chi connectivity index (χ0) is 13.1. The molecule has 1 amide bonds. The van der Waals surface area contributed by atoms with Gasteiger partial charge in [-0.3, -0.25) is 14.5 Å². The molecule has 0 fully saturated rings. The minimum absolute atomic E-state index is 0.0835. The lowest BCUT2D eigenvalue weighted by Crippen LogP contribution is -2.39. The monoisotopic (exact) mass is 244 g/mol. The minimum Gasteiger partial charge on any atom is -0.465 e. The van der Waals surface area contributed by atoms with Gasteiger partial charge >= 0.3 is 5.97 Å². The van der Waals surface area contributed by atoms with Crippen molar-refractivity contribution in [1.29, 1.82) is 0 Å². The number of unbranched alkanes of at least 4 members (excludes halogenated alkanes) is 1. The van der Waals surface area contributed by atoms with E-state index in [4.69, 9.17) is 4.74 Å². The fourth-order valence-corrected chi connectivity index (χ4v) is 1.37. The van der Waals surface area contributed by atoms with Crippen LogP contribution in [0.4, 0.5) is 0 Å². The highest BCUT2D eigenvalue weighted by molar-refractivity contribution is 5.79. The Labute approximate surface area is 103 Å². The van der Waals surface area contributed by atoms with E-state index in [0.29, 0.717) is 6.61 Å². The summed E-state index contributed by atoms with van der Waals surface area (Å²) < 4.78 is 5.06. The summed E-state index contributed by atoms with van der Waals surface area (Å²) in [6, 6.07) is 0. The van der Waals surface area contributed by atoms with E-state index in [1.54, 1.807) is 11.9 Å². The highest BCUT2D eigenvalue weighted by Gasteiger charge is 2.13. The molecule has 0 heterocycles. The number of esters is 1. The molecule has 5 nitrogen and oxygen atoms in total. The van der Waals surface area contributed by atoms with E-state index in [0.717, 1.165) is 25.8 Å². The highest BCUT2D eigenvalue weighted by Crippen LogP contribution is 1.95. The lowest BCUT2D eigenvalue weighted by atomic mass is 10.3. The molecule has 0 radical (unpaired) electrons. The van der Waals surface area contributed by atoms with Gasteiger partial charge in [0.25, 0.3) is 0 Å². The van der Waals surface area contributed by atoms with Crippen LogP contribution in [0.15, 0.2) is 0 Å². The first-order chi connectivity index (χ1) is 8.13. The maximum absolute atomic E-state index is 11.5. The molecule has 17 heavy (non-hydrogen) atoms. The molecule has 0 aromatic carbocycles. The van der Waals surface area contributed by atoms with Crippen LogP contribution in [0.3, 0.4) is 0 Å². The molecule has 0 spiro atoms. The summed E-state index contributed by atoms with van der Waals surface area (Å²) >= 11 is 0. The Balaban J connectivity index is 3.96. The van der Waals surface area contributed by atoms with Crippen molar-refractivity contribution < 1.29 is 14.3 Å². The zero-order valence-electron chi connectivity index (χ0n) is 11.1. The summed E-state index contributed by atoms with van der Waals surface area (Å²) in [5, 5.41) is 2.55. The van der Waals surface area contributed by atoms with Gasteiger partial charge in [0.1, 0.15) is 0 Å². The first-order valence-corrected chi connectivity index (χ1v) is 6.22. The van der Waals surface area contributed by atoms with E-state index >= 15 is 0 Å². The van der Waals surface area contributed by atoms with Crippen LogP contribution in [-0.4, -0.2) is 50.1 Å². The molecule has 0 bridgehead atoms. The molecule has 0 aliphatic heterocycles. The van der Waals surface area contributed by atoms with E-state index in [1.807, 2.05) is 13.8 Å². The molecule has 0 saturated heterocycles.